The van der Waals surface area contributed by atoms with E-state index >= 15 is 0 Å². The maximum atomic E-state index is 12.2. The first kappa shape index (κ1) is 15.7. The van der Waals surface area contributed by atoms with Crippen molar-refractivity contribution in [3.8, 4) is 0 Å². The van der Waals surface area contributed by atoms with Crippen LogP contribution in [0, 0.1) is 18.8 Å². The van der Waals surface area contributed by atoms with Crippen LogP contribution in [0.25, 0.3) is 0 Å². The molecule has 0 heterocycles. The van der Waals surface area contributed by atoms with Crippen molar-refractivity contribution in [1.82, 2.24) is 4.90 Å². The Morgan fingerprint density at radius 3 is 2.32 bits per heavy atom. The number of rotatable bonds is 6. The van der Waals surface area contributed by atoms with Crippen LogP contribution < -0.4 is 5.73 Å². The smallest absolute Gasteiger partial charge is 0.226 e. The number of amides is 1. The molecule has 0 radical (unpaired) electrons. The molecule has 0 aliphatic carbocycles. The molecule has 1 rings (SSSR count). The number of hydrogen-bond acceptors (Lipinski definition) is 2. The summed E-state index contributed by atoms with van der Waals surface area (Å²) < 4.78 is 0. The van der Waals surface area contributed by atoms with Crippen molar-refractivity contribution in [1.29, 1.82) is 0 Å². The Bertz CT molecular complexity index is 398. The van der Waals surface area contributed by atoms with E-state index in [0.717, 1.165) is 13.0 Å². The zero-order chi connectivity index (χ0) is 14.4. The molecule has 1 aromatic carbocycles. The van der Waals surface area contributed by atoms with Gasteiger partial charge in [-0.1, -0.05) is 43.7 Å². The van der Waals surface area contributed by atoms with Crippen molar-refractivity contribution in [2.24, 2.45) is 17.6 Å². The molecule has 0 saturated heterocycles. The Balaban J connectivity index is 2.52. The van der Waals surface area contributed by atoms with E-state index in [-0.39, 0.29) is 11.8 Å². The van der Waals surface area contributed by atoms with Gasteiger partial charge in [-0.3, -0.25) is 4.79 Å². The van der Waals surface area contributed by atoms with E-state index in [9.17, 15) is 4.79 Å². The third kappa shape index (κ3) is 4.67. The van der Waals surface area contributed by atoms with Gasteiger partial charge < -0.3 is 10.6 Å². The van der Waals surface area contributed by atoms with Crippen LogP contribution in [0.4, 0.5) is 0 Å². The number of aryl methyl sites for hydroxylation is 1. The third-order valence-corrected chi connectivity index (χ3v) is 3.61. The van der Waals surface area contributed by atoms with Crippen LogP contribution in [-0.2, 0) is 11.2 Å². The Kier molecular flexibility index (Phi) is 6.03. The number of likely N-dealkylation sites (N-methyl/N-ethyl adjacent to an activating group) is 1. The highest BCUT2D eigenvalue weighted by molar-refractivity contribution is 5.79. The highest BCUT2D eigenvalue weighted by Gasteiger charge is 2.23. The van der Waals surface area contributed by atoms with Gasteiger partial charge in [0.2, 0.25) is 5.91 Å². The Morgan fingerprint density at radius 2 is 1.84 bits per heavy atom. The second-order valence-corrected chi connectivity index (χ2v) is 5.58. The van der Waals surface area contributed by atoms with Crippen LogP contribution in [0.2, 0.25) is 0 Å². The summed E-state index contributed by atoms with van der Waals surface area (Å²) in [6.45, 7) is 7.33. The molecule has 106 valence electrons. The highest BCUT2D eigenvalue weighted by atomic mass is 16.2. The predicted molar refractivity (Wildman–Crippen MR) is 79.9 cm³/mol. The topological polar surface area (TPSA) is 46.3 Å². The average molecular weight is 262 g/mol. The van der Waals surface area contributed by atoms with E-state index in [2.05, 4.69) is 31.2 Å². The quantitative estimate of drug-likeness (QED) is 0.854. The molecule has 1 unspecified atom stereocenters. The fraction of sp³-hybridized carbons (Fsp3) is 0.562. The van der Waals surface area contributed by atoms with Crippen molar-refractivity contribution in [2.75, 3.05) is 20.1 Å². The van der Waals surface area contributed by atoms with Gasteiger partial charge in [0.1, 0.15) is 0 Å². The number of hydrogen-bond donors (Lipinski definition) is 1. The van der Waals surface area contributed by atoms with Gasteiger partial charge in [-0.05, 0) is 24.8 Å². The molecule has 1 atom stereocenters. The minimum Gasteiger partial charge on any atom is -0.345 e. The maximum absolute atomic E-state index is 12.2. The molecule has 0 bridgehead atoms. The molecule has 3 nitrogen and oxygen atoms in total. The molecule has 19 heavy (non-hydrogen) atoms. The second-order valence-electron chi connectivity index (χ2n) is 5.58. The SMILES string of the molecule is Cc1ccc(CCN(C)C(=O)C(CN)C(C)C)cc1. The van der Waals surface area contributed by atoms with Crippen LogP contribution in [0.15, 0.2) is 24.3 Å². The first-order chi connectivity index (χ1) is 8.95. The van der Waals surface area contributed by atoms with Gasteiger partial charge in [-0.25, -0.2) is 0 Å². The normalized spacial score (nSPS) is 12.5. The highest BCUT2D eigenvalue weighted by Crippen LogP contribution is 2.13. The van der Waals surface area contributed by atoms with Gasteiger partial charge in [0, 0.05) is 20.1 Å². The Labute approximate surface area is 116 Å². The zero-order valence-corrected chi connectivity index (χ0v) is 12.5. The van der Waals surface area contributed by atoms with E-state index in [1.165, 1.54) is 11.1 Å². The van der Waals surface area contributed by atoms with Crippen molar-refractivity contribution >= 4 is 5.91 Å². The maximum Gasteiger partial charge on any atom is 0.226 e. The molecule has 0 aliphatic heterocycles. The molecule has 0 fully saturated rings. The van der Waals surface area contributed by atoms with Crippen molar-refractivity contribution in [3.63, 3.8) is 0 Å². The molecule has 1 amide bonds. The fourth-order valence-electron chi connectivity index (χ4n) is 2.10. The summed E-state index contributed by atoms with van der Waals surface area (Å²) in [6, 6.07) is 8.45. The summed E-state index contributed by atoms with van der Waals surface area (Å²) in [5.41, 5.74) is 8.21. The lowest BCUT2D eigenvalue weighted by molar-refractivity contribution is -0.135. The van der Waals surface area contributed by atoms with E-state index < -0.39 is 0 Å². The summed E-state index contributed by atoms with van der Waals surface area (Å²) in [4.78, 5) is 14.0. The molecule has 0 spiro atoms. The summed E-state index contributed by atoms with van der Waals surface area (Å²) in [6.07, 6.45) is 0.887. The minimum atomic E-state index is -0.0667. The van der Waals surface area contributed by atoms with Gasteiger partial charge >= 0.3 is 0 Å². The summed E-state index contributed by atoms with van der Waals surface area (Å²) >= 11 is 0. The lowest BCUT2D eigenvalue weighted by Crippen LogP contribution is -2.40. The molecular formula is C16H26N2O. The molecule has 2 N–H and O–H groups in total. The van der Waals surface area contributed by atoms with Crippen LogP contribution in [0.5, 0.6) is 0 Å². The summed E-state index contributed by atoms with van der Waals surface area (Å²) in [5.74, 6) is 0.381. The van der Waals surface area contributed by atoms with Gasteiger partial charge in [0.15, 0.2) is 0 Å². The first-order valence-corrected chi connectivity index (χ1v) is 6.96. The second kappa shape index (κ2) is 7.29. The van der Waals surface area contributed by atoms with Gasteiger partial charge in [0.25, 0.3) is 0 Å². The van der Waals surface area contributed by atoms with E-state index in [1.54, 1.807) is 4.90 Å². The molecular weight excluding hydrogens is 236 g/mol. The number of carbonyl (C=O) groups excluding carboxylic acids is 1. The molecule has 3 heteroatoms. The monoisotopic (exact) mass is 262 g/mol. The number of carbonyl (C=O) groups is 1. The summed E-state index contributed by atoms with van der Waals surface area (Å²) in [7, 11) is 1.86. The standard InChI is InChI=1S/C16H26N2O/c1-12(2)15(11-17)16(19)18(4)10-9-14-7-5-13(3)6-8-14/h5-8,12,15H,9-11,17H2,1-4H3. The van der Waals surface area contributed by atoms with E-state index in [4.69, 9.17) is 5.73 Å². The molecule has 1 aromatic rings. The van der Waals surface area contributed by atoms with Gasteiger partial charge in [0.05, 0.1) is 5.92 Å². The van der Waals surface area contributed by atoms with Crippen molar-refractivity contribution < 1.29 is 4.79 Å². The first-order valence-electron chi connectivity index (χ1n) is 6.96. The zero-order valence-electron chi connectivity index (χ0n) is 12.5. The number of nitrogens with zero attached hydrogens (tertiary/aromatic N) is 1. The Hall–Kier alpha value is -1.35. The largest absolute Gasteiger partial charge is 0.345 e. The van der Waals surface area contributed by atoms with Gasteiger partial charge in [-0.15, -0.1) is 0 Å². The molecule has 0 saturated carbocycles. The summed E-state index contributed by atoms with van der Waals surface area (Å²) in [5, 5.41) is 0. The van der Waals surface area contributed by atoms with Crippen LogP contribution in [0.1, 0.15) is 25.0 Å². The third-order valence-electron chi connectivity index (χ3n) is 3.61. The number of nitrogens with two attached hydrogens (primary N) is 1. The van der Waals surface area contributed by atoms with Crippen LogP contribution in [-0.4, -0.2) is 30.9 Å². The van der Waals surface area contributed by atoms with Gasteiger partial charge in [-0.2, -0.15) is 0 Å². The lowest BCUT2D eigenvalue weighted by Gasteiger charge is -2.25. The van der Waals surface area contributed by atoms with Crippen LogP contribution in [0.3, 0.4) is 0 Å². The van der Waals surface area contributed by atoms with Crippen molar-refractivity contribution in [2.45, 2.75) is 27.2 Å². The lowest BCUT2D eigenvalue weighted by atomic mass is 9.94. The average Bonchev–Trinajstić information content (AvgIpc) is 2.38. The van der Waals surface area contributed by atoms with Crippen molar-refractivity contribution in [3.05, 3.63) is 35.4 Å². The predicted octanol–water partition coefficient (Wildman–Crippen LogP) is 2.23. The Morgan fingerprint density at radius 1 is 1.26 bits per heavy atom. The molecule has 0 aliphatic rings. The minimum absolute atomic E-state index is 0.0667. The van der Waals surface area contributed by atoms with E-state index in [1.807, 2.05) is 20.9 Å². The molecule has 0 aromatic heterocycles. The van der Waals surface area contributed by atoms with E-state index in [0.29, 0.717) is 12.5 Å². The number of benzene rings is 1. The fourth-order valence-corrected chi connectivity index (χ4v) is 2.10. The van der Waals surface area contributed by atoms with Crippen LogP contribution >= 0.6 is 0 Å².